The van der Waals surface area contributed by atoms with Crippen LogP contribution in [-0.2, 0) is 28.8 Å². The van der Waals surface area contributed by atoms with Crippen molar-refractivity contribution in [3.63, 3.8) is 0 Å². The van der Waals surface area contributed by atoms with Crippen LogP contribution in [0.5, 0.6) is 0 Å². The van der Waals surface area contributed by atoms with Crippen molar-refractivity contribution in [3.8, 4) is 0 Å². The minimum absolute atomic E-state index is 0.0193. The van der Waals surface area contributed by atoms with Crippen LogP contribution in [0.3, 0.4) is 0 Å². The second kappa shape index (κ2) is 10.7. The molecule has 2 fully saturated rings. The number of fused-ring (bicyclic) bond motifs is 1. The Bertz CT molecular complexity index is 1340. The summed E-state index contributed by atoms with van der Waals surface area (Å²) in [4.78, 5) is 73.4. The lowest BCUT2D eigenvalue weighted by molar-refractivity contribution is -0.150. The lowest BCUT2D eigenvalue weighted by Gasteiger charge is -2.49. The Morgan fingerprint density at radius 1 is 1.31 bits per heavy atom. The average molecular weight is 579 g/mol. The molecule has 0 radical (unpaired) electrons. The molecule has 2 saturated heterocycles. The number of anilines is 1. The molecule has 3 amide bonds. The Morgan fingerprint density at radius 3 is 2.59 bits per heavy atom. The quantitative estimate of drug-likeness (QED) is 0.142. The number of amides is 3. The molecule has 0 spiro atoms. The number of carboxylic acids is 2. The van der Waals surface area contributed by atoms with Crippen molar-refractivity contribution in [2.75, 3.05) is 24.6 Å². The Kier molecular flexibility index (Phi) is 7.70. The number of nitrogens with one attached hydrogen (secondary N) is 1. The molecule has 0 bridgehead atoms. The topological polar surface area (TPSA) is 205 Å². The molecule has 16 heteroatoms. The van der Waals surface area contributed by atoms with Crippen LogP contribution in [0, 0.1) is 0 Å². The highest BCUT2D eigenvalue weighted by Crippen LogP contribution is 2.41. The standard InChI is InChI=1S/C23H26N6O8S2/c1-23(2,3)28-5-4-10(18(28)33)6-11-8-38-20-15(19(34)29(20)16(11)21(35)36)26-17(32)14(27-37-7-13(30)31)12-9-39-22(24)25-12/h6,9,15,20H,4-5,7-8H2,1-3H3,(H2,24,25)(H,26,32)(H,30,31)(H,35,36). The molecular weight excluding hydrogens is 552 g/mol. The van der Waals surface area contributed by atoms with Crippen molar-refractivity contribution in [1.29, 1.82) is 0 Å². The summed E-state index contributed by atoms with van der Waals surface area (Å²) >= 11 is 2.25. The number of nitrogens with zero attached hydrogens (tertiary/aromatic N) is 4. The number of β-lactam (4-membered cyclic amide) rings is 1. The van der Waals surface area contributed by atoms with Crippen molar-refractivity contribution in [2.45, 2.75) is 44.1 Å². The summed E-state index contributed by atoms with van der Waals surface area (Å²) in [7, 11) is 0. The van der Waals surface area contributed by atoms with Crippen molar-refractivity contribution < 1.29 is 39.0 Å². The fourth-order valence-electron chi connectivity index (χ4n) is 4.31. The first kappa shape index (κ1) is 28.1. The maximum Gasteiger partial charge on any atom is 0.352 e. The zero-order valence-electron chi connectivity index (χ0n) is 21.2. The fraction of sp³-hybridized carbons (Fsp3) is 0.435. The molecule has 2 atom stereocenters. The molecule has 3 aliphatic heterocycles. The van der Waals surface area contributed by atoms with E-state index in [1.807, 2.05) is 20.8 Å². The number of thiazole rings is 1. The third-order valence-corrected chi connectivity index (χ3v) is 8.07. The van der Waals surface area contributed by atoms with Crippen molar-refractivity contribution in [2.24, 2.45) is 5.16 Å². The predicted molar refractivity (Wildman–Crippen MR) is 141 cm³/mol. The van der Waals surface area contributed by atoms with Crippen LogP contribution in [-0.4, -0.2) is 96.2 Å². The molecule has 0 saturated carbocycles. The fourth-order valence-corrected chi connectivity index (χ4v) is 6.17. The number of carboxylic acid groups (broad SMARTS) is 2. The Morgan fingerprint density at radius 2 is 2.03 bits per heavy atom. The second-order valence-electron chi connectivity index (χ2n) is 9.77. The molecule has 2 unspecified atom stereocenters. The molecular formula is C23H26N6O8S2. The van der Waals surface area contributed by atoms with E-state index in [9.17, 15) is 29.1 Å². The van der Waals surface area contributed by atoms with Crippen molar-refractivity contribution in [1.82, 2.24) is 20.1 Å². The van der Waals surface area contributed by atoms with Crippen LogP contribution in [0.4, 0.5) is 5.13 Å². The van der Waals surface area contributed by atoms with Gasteiger partial charge in [-0.15, -0.1) is 23.1 Å². The van der Waals surface area contributed by atoms with Crippen LogP contribution in [0.25, 0.3) is 0 Å². The minimum Gasteiger partial charge on any atom is -0.479 e. The number of nitrogen functional groups attached to an aromatic ring is 1. The van der Waals surface area contributed by atoms with Gasteiger partial charge in [-0.05, 0) is 38.8 Å². The first-order valence-electron chi connectivity index (χ1n) is 11.7. The summed E-state index contributed by atoms with van der Waals surface area (Å²) in [6.07, 6.45) is 2.01. The van der Waals surface area contributed by atoms with Crippen LogP contribution in [0.2, 0.25) is 0 Å². The van der Waals surface area contributed by atoms with E-state index >= 15 is 0 Å². The predicted octanol–water partition coefficient (Wildman–Crippen LogP) is 0.226. The number of hydrogen-bond acceptors (Lipinski definition) is 11. The van der Waals surface area contributed by atoms with Gasteiger partial charge in [-0.2, -0.15) is 0 Å². The molecule has 1 aromatic heterocycles. The van der Waals surface area contributed by atoms with Crippen LogP contribution >= 0.6 is 23.1 Å². The Labute approximate surface area is 230 Å². The van der Waals surface area contributed by atoms with E-state index in [-0.39, 0.29) is 39.4 Å². The normalized spacial score (nSPS) is 22.6. The molecule has 14 nitrogen and oxygen atoms in total. The molecule has 3 aliphatic rings. The zero-order chi connectivity index (χ0) is 28.6. The third kappa shape index (κ3) is 5.61. The number of allylic oxidation sites excluding steroid dienone is 1. The lowest BCUT2D eigenvalue weighted by Crippen LogP contribution is -2.71. The van der Waals surface area contributed by atoms with Gasteiger partial charge in [0.25, 0.3) is 11.8 Å². The van der Waals surface area contributed by atoms with Gasteiger partial charge in [0.05, 0.1) is 0 Å². The summed E-state index contributed by atoms with van der Waals surface area (Å²) in [5, 5.41) is 25.6. The average Bonchev–Trinajstić information content (AvgIpc) is 3.44. The summed E-state index contributed by atoms with van der Waals surface area (Å²) in [5.41, 5.74) is 5.44. The highest BCUT2D eigenvalue weighted by molar-refractivity contribution is 8.00. The van der Waals surface area contributed by atoms with Gasteiger partial charge in [0.15, 0.2) is 10.8 Å². The number of likely N-dealkylation sites (tertiary alicyclic amines) is 1. The summed E-state index contributed by atoms with van der Waals surface area (Å²) in [6.45, 7) is 5.46. The van der Waals surface area contributed by atoms with Gasteiger partial charge >= 0.3 is 11.9 Å². The van der Waals surface area contributed by atoms with E-state index in [1.165, 1.54) is 17.1 Å². The number of oxime groups is 1. The first-order valence-corrected chi connectivity index (χ1v) is 13.6. The third-order valence-electron chi connectivity index (χ3n) is 6.09. The van der Waals surface area contributed by atoms with Gasteiger partial charge in [-0.25, -0.2) is 14.6 Å². The maximum absolute atomic E-state index is 13.1. The SMILES string of the molecule is CC(C)(C)N1CCC(=CC2=C(C(=O)O)N3C(=O)C(NC(=O)C(=NOCC(=O)O)c4csc(N)n4)C3SC2)C1=O. The second-order valence-corrected chi connectivity index (χ2v) is 11.8. The highest BCUT2D eigenvalue weighted by atomic mass is 32.2. The summed E-state index contributed by atoms with van der Waals surface area (Å²) in [6, 6.07) is -1.09. The van der Waals surface area contributed by atoms with Gasteiger partial charge in [0.2, 0.25) is 12.5 Å². The molecule has 5 N–H and O–H groups in total. The highest BCUT2D eigenvalue weighted by Gasteiger charge is 2.54. The van der Waals surface area contributed by atoms with E-state index < -0.39 is 41.8 Å². The molecule has 39 heavy (non-hydrogen) atoms. The van der Waals surface area contributed by atoms with E-state index in [4.69, 9.17) is 15.7 Å². The smallest absolute Gasteiger partial charge is 0.352 e. The van der Waals surface area contributed by atoms with Crippen LogP contribution in [0.15, 0.2) is 33.5 Å². The van der Waals surface area contributed by atoms with Crippen molar-refractivity contribution >= 4 is 63.6 Å². The van der Waals surface area contributed by atoms with Gasteiger partial charge in [-0.3, -0.25) is 19.3 Å². The Balaban J connectivity index is 1.54. The van der Waals surface area contributed by atoms with Gasteiger partial charge in [0, 0.05) is 28.8 Å². The minimum atomic E-state index is -1.33. The van der Waals surface area contributed by atoms with Gasteiger partial charge in [0.1, 0.15) is 22.8 Å². The number of nitrogens with two attached hydrogens (primary N) is 1. The number of rotatable bonds is 8. The van der Waals surface area contributed by atoms with E-state index in [1.54, 1.807) is 11.0 Å². The van der Waals surface area contributed by atoms with Crippen molar-refractivity contribution in [3.05, 3.63) is 34.0 Å². The lowest BCUT2D eigenvalue weighted by atomic mass is 10.0. The molecule has 208 valence electrons. The number of carbonyl (C=O) groups is 5. The van der Waals surface area contributed by atoms with E-state index in [0.29, 0.717) is 24.1 Å². The zero-order valence-corrected chi connectivity index (χ0v) is 22.8. The first-order chi connectivity index (χ1) is 18.3. The monoisotopic (exact) mass is 578 g/mol. The number of aliphatic carboxylic acids is 2. The summed E-state index contributed by atoms with van der Waals surface area (Å²) < 4.78 is 0. The van der Waals surface area contributed by atoms with Crippen LogP contribution in [0.1, 0.15) is 32.9 Å². The van der Waals surface area contributed by atoms with E-state index in [2.05, 4.69) is 15.5 Å². The number of aromatic nitrogens is 1. The largest absolute Gasteiger partial charge is 0.479 e. The van der Waals surface area contributed by atoms with E-state index in [0.717, 1.165) is 16.2 Å². The summed E-state index contributed by atoms with van der Waals surface area (Å²) in [5.74, 6) is -4.16. The molecule has 0 aromatic carbocycles. The number of thioether (sulfide) groups is 1. The number of carbonyl (C=O) groups excluding carboxylic acids is 3. The maximum atomic E-state index is 13.1. The van der Waals surface area contributed by atoms with Crippen LogP contribution < -0.4 is 11.1 Å². The van der Waals surface area contributed by atoms with Gasteiger partial charge in [-0.1, -0.05) is 5.16 Å². The molecule has 0 aliphatic carbocycles. The molecule has 1 aromatic rings. The molecule has 4 heterocycles. The molecule has 4 rings (SSSR count). The number of hydrogen-bond donors (Lipinski definition) is 4. The van der Waals surface area contributed by atoms with Gasteiger partial charge < -0.3 is 31.0 Å². The Hall–Kier alpha value is -3.92.